The molecular weight excluding hydrogens is 456 g/mol. The Kier molecular flexibility index (Phi) is 8.21. The van der Waals surface area contributed by atoms with Crippen molar-refractivity contribution in [1.82, 2.24) is 19.6 Å². The van der Waals surface area contributed by atoms with E-state index in [0.29, 0.717) is 49.8 Å². The summed E-state index contributed by atoms with van der Waals surface area (Å²) in [6, 6.07) is 5.09. The molecular formula is C24H32N4O7. The molecule has 35 heavy (non-hydrogen) atoms. The van der Waals surface area contributed by atoms with Gasteiger partial charge in [0.05, 0.1) is 40.0 Å². The second-order valence-electron chi connectivity index (χ2n) is 8.65. The highest BCUT2D eigenvalue weighted by Crippen LogP contribution is 2.26. The summed E-state index contributed by atoms with van der Waals surface area (Å²) in [6.45, 7) is 2.53. The molecule has 190 valence electrons. The number of benzene rings is 1. The van der Waals surface area contributed by atoms with Crippen molar-refractivity contribution in [3.8, 4) is 5.75 Å². The van der Waals surface area contributed by atoms with Crippen LogP contribution in [0.15, 0.2) is 24.4 Å². The van der Waals surface area contributed by atoms with Gasteiger partial charge in [-0.2, -0.15) is 5.10 Å². The summed E-state index contributed by atoms with van der Waals surface area (Å²) in [7, 11) is 1.53. The van der Waals surface area contributed by atoms with Crippen molar-refractivity contribution >= 4 is 12.0 Å². The largest absolute Gasteiger partial charge is 0.496 e. The van der Waals surface area contributed by atoms with Gasteiger partial charge < -0.3 is 34.2 Å². The molecule has 2 aliphatic rings. The molecule has 2 aliphatic heterocycles. The molecule has 0 radical (unpaired) electrons. The number of carboxylic acid groups (broad SMARTS) is 1. The maximum Gasteiger partial charge on any atom is 0.356 e. The SMILES string of the molecule is COc1cc(CO)ccc1CN(Cc1cn(C2CCCCO2)nc1C(=O)O)C(=O)N1CCOCC1. The van der Waals surface area contributed by atoms with Crippen LogP contribution < -0.4 is 4.74 Å². The third kappa shape index (κ3) is 5.92. The van der Waals surface area contributed by atoms with Gasteiger partial charge in [-0.25, -0.2) is 14.3 Å². The van der Waals surface area contributed by atoms with Gasteiger partial charge in [0.2, 0.25) is 0 Å². The number of nitrogens with zero attached hydrogens (tertiary/aromatic N) is 4. The van der Waals surface area contributed by atoms with Gasteiger partial charge in [0.15, 0.2) is 5.69 Å². The lowest BCUT2D eigenvalue weighted by Gasteiger charge is -2.33. The minimum atomic E-state index is -1.15. The first kappa shape index (κ1) is 25.0. The third-order valence-electron chi connectivity index (χ3n) is 6.27. The predicted octanol–water partition coefficient (Wildman–Crippen LogP) is 2.24. The number of urea groups is 1. The fraction of sp³-hybridized carbons (Fsp3) is 0.542. The second kappa shape index (κ2) is 11.5. The maximum atomic E-state index is 13.5. The van der Waals surface area contributed by atoms with Crippen molar-refractivity contribution in [3.63, 3.8) is 0 Å². The first-order valence-electron chi connectivity index (χ1n) is 11.8. The Morgan fingerprint density at radius 3 is 2.60 bits per heavy atom. The molecule has 0 saturated carbocycles. The highest BCUT2D eigenvalue weighted by molar-refractivity contribution is 5.87. The Bertz CT molecular complexity index is 1030. The van der Waals surface area contributed by atoms with E-state index in [2.05, 4.69) is 5.10 Å². The van der Waals surface area contributed by atoms with Gasteiger partial charge in [-0.05, 0) is 30.9 Å². The Hall–Kier alpha value is -3.15. The van der Waals surface area contributed by atoms with Gasteiger partial charge in [-0.3, -0.25) is 0 Å². The minimum Gasteiger partial charge on any atom is -0.496 e. The predicted molar refractivity (Wildman–Crippen MR) is 124 cm³/mol. The number of rotatable bonds is 8. The number of morpholine rings is 1. The van der Waals surface area contributed by atoms with Gasteiger partial charge >= 0.3 is 12.0 Å². The number of amides is 2. The summed E-state index contributed by atoms with van der Waals surface area (Å²) in [5.74, 6) is -0.612. The zero-order chi connectivity index (χ0) is 24.8. The van der Waals surface area contributed by atoms with Crippen LogP contribution in [0.5, 0.6) is 5.75 Å². The zero-order valence-electron chi connectivity index (χ0n) is 19.9. The van der Waals surface area contributed by atoms with Crippen molar-refractivity contribution < 1.29 is 34.0 Å². The van der Waals surface area contributed by atoms with Crippen molar-refractivity contribution in [2.45, 2.75) is 45.2 Å². The molecule has 1 aromatic heterocycles. The zero-order valence-corrected chi connectivity index (χ0v) is 19.9. The molecule has 0 aliphatic carbocycles. The topological polar surface area (TPSA) is 127 Å². The molecule has 4 rings (SSSR count). The fourth-order valence-corrected chi connectivity index (χ4v) is 4.38. The molecule has 0 spiro atoms. The van der Waals surface area contributed by atoms with Crippen LogP contribution in [0.25, 0.3) is 0 Å². The Balaban J connectivity index is 1.64. The molecule has 2 N–H and O–H groups in total. The number of hydrogen-bond donors (Lipinski definition) is 2. The molecule has 1 unspecified atom stereocenters. The van der Waals surface area contributed by atoms with Crippen LogP contribution >= 0.6 is 0 Å². The third-order valence-corrected chi connectivity index (χ3v) is 6.27. The van der Waals surface area contributed by atoms with E-state index in [1.165, 1.54) is 7.11 Å². The first-order chi connectivity index (χ1) is 17.0. The van der Waals surface area contributed by atoms with E-state index < -0.39 is 5.97 Å². The Morgan fingerprint density at radius 1 is 1.17 bits per heavy atom. The number of carbonyl (C=O) groups excluding carboxylic acids is 1. The van der Waals surface area contributed by atoms with Crippen molar-refractivity contribution in [2.75, 3.05) is 40.0 Å². The van der Waals surface area contributed by atoms with E-state index in [1.807, 2.05) is 0 Å². The lowest BCUT2D eigenvalue weighted by atomic mass is 10.1. The highest BCUT2D eigenvalue weighted by atomic mass is 16.5. The molecule has 2 fully saturated rings. The van der Waals surface area contributed by atoms with Crippen LogP contribution in [0.1, 0.15) is 52.7 Å². The number of aromatic carboxylic acids is 1. The summed E-state index contributed by atoms with van der Waals surface area (Å²) >= 11 is 0. The van der Waals surface area contributed by atoms with Gasteiger partial charge in [0, 0.05) is 37.0 Å². The number of ether oxygens (including phenoxy) is 3. The summed E-state index contributed by atoms with van der Waals surface area (Å²) in [6.07, 6.45) is 4.06. The first-order valence-corrected chi connectivity index (χ1v) is 11.8. The number of methoxy groups -OCH3 is 1. The second-order valence-corrected chi connectivity index (χ2v) is 8.65. The van der Waals surface area contributed by atoms with Gasteiger partial charge in [0.25, 0.3) is 0 Å². The Labute approximate surface area is 203 Å². The van der Waals surface area contributed by atoms with E-state index >= 15 is 0 Å². The van der Waals surface area contributed by atoms with Gasteiger partial charge in [0.1, 0.15) is 12.0 Å². The molecule has 2 aromatic rings. The molecule has 0 bridgehead atoms. The normalized spacial score (nSPS) is 18.3. The van der Waals surface area contributed by atoms with Crippen LogP contribution in [0, 0.1) is 0 Å². The summed E-state index contributed by atoms with van der Waals surface area (Å²) < 4.78 is 18.2. The van der Waals surface area contributed by atoms with Crippen molar-refractivity contribution in [3.05, 3.63) is 46.8 Å². The average Bonchev–Trinajstić information content (AvgIpc) is 3.33. The molecule has 3 heterocycles. The van der Waals surface area contributed by atoms with Crippen LogP contribution in [0.4, 0.5) is 4.79 Å². The molecule has 2 saturated heterocycles. The number of aliphatic hydroxyl groups is 1. The highest BCUT2D eigenvalue weighted by Gasteiger charge is 2.28. The van der Waals surface area contributed by atoms with Crippen LogP contribution in [0.2, 0.25) is 0 Å². The molecule has 2 amide bonds. The van der Waals surface area contributed by atoms with Crippen LogP contribution in [-0.2, 0) is 29.2 Å². The van der Waals surface area contributed by atoms with Crippen LogP contribution in [-0.4, -0.2) is 81.8 Å². The lowest BCUT2D eigenvalue weighted by Crippen LogP contribution is -2.47. The van der Waals surface area contributed by atoms with Crippen molar-refractivity contribution in [1.29, 1.82) is 0 Å². The lowest BCUT2D eigenvalue weighted by molar-refractivity contribution is -0.0397. The van der Waals surface area contributed by atoms with Crippen LogP contribution in [0.3, 0.4) is 0 Å². The van der Waals surface area contributed by atoms with Gasteiger partial charge in [-0.15, -0.1) is 0 Å². The molecule has 11 nitrogen and oxygen atoms in total. The summed E-state index contributed by atoms with van der Waals surface area (Å²) in [5.41, 5.74) is 1.77. The number of aliphatic hydroxyl groups excluding tert-OH is 1. The van der Waals surface area contributed by atoms with Gasteiger partial charge in [-0.1, -0.05) is 12.1 Å². The van der Waals surface area contributed by atoms with E-state index in [0.717, 1.165) is 24.8 Å². The average molecular weight is 489 g/mol. The fourth-order valence-electron chi connectivity index (χ4n) is 4.38. The van der Waals surface area contributed by atoms with E-state index in [-0.39, 0.29) is 37.6 Å². The summed E-state index contributed by atoms with van der Waals surface area (Å²) in [4.78, 5) is 28.8. The standard InChI is InChI=1S/C24H32N4O7/c1-33-20-12-17(16-29)5-6-18(20)13-27(24(32)26-7-10-34-11-8-26)14-19-15-28(25-22(19)23(30)31)21-4-2-3-9-35-21/h5-6,12,15,21,29H,2-4,7-11,13-14,16H2,1H3,(H,30,31). The number of hydrogen-bond acceptors (Lipinski definition) is 7. The smallest absolute Gasteiger partial charge is 0.356 e. The minimum absolute atomic E-state index is 0.0510. The molecule has 1 aromatic carbocycles. The molecule has 11 heteroatoms. The Morgan fingerprint density at radius 2 is 1.94 bits per heavy atom. The quantitative estimate of drug-likeness (QED) is 0.579. The van der Waals surface area contributed by atoms with E-state index in [4.69, 9.17) is 14.2 Å². The number of aromatic nitrogens is 2. The van der Waals surface area contributed by atoms with E-state index in [1.54, 1.807) is 38.9 Å². The number of carboxylic acids is 1. The maximum absolute atomic E-state index is 13.5. The van der Waals surface area contributed by atoms with Crippen molar-refractivity contribution in [2.24, 2.45) is 0 Å². The van der Waals surface area contributed by atoms with E-state index in [9.17, 15) is 19.8 Å². The monoisotopic (exact) mass is 488 g/mol. The molecule has 1 atom stereocenters. The summed E-state index contributed by atoms with van der Waals surface area (Å²) in [5, 5.41) is 23.6. The number of carbonyl (C=O) groups is 2.